The van der Waals surface area contributed by atoms with Crippen LogP contribution in [-0.2, 0) is 10.0 Å². The van der Waals surface area contributed by atoms with Gasteiger partial charge >= 0.3 is 0 Å². The summed E-state index contributed by atoms with van der Waals surface area (Å²) in [7, 11) is -3.72. The minimum atomic E-state index is -3.72. The van der Waals surface area contributed by atoms with Crippen molar-refractivity contribution in [2.75, 3.05) is 6.54 Å². The lowest BCUT2D eigenvalue weighted by molar-refractivity contribution is -0.00183. The van der Waals surface area contributed by atoms with E-state index in [1.165, 1.54) is 0 Å². The highest BCUT2D eigenvalue weighted by molar-refractivity contribution is 7.89. The minimum absolute atomic E-state index is 0.00464. The van der Waals surface area contributed by atoms with Gasteiger partial charge in [0.25, 0.3) is 0 Å². The van der Waals surface area contributed by atoms with Gasteiger partial charge in [-0.15, -0.1) is 0 Å². The van der Waals surface area contributed by atoms with Crippen molar-refractivity contribution in [1.29, 1.82) is 0 Å². The van der Waals surface area contributed by atoms with E-state index in [1.807, 2.05) is 0 Å². The highest BCUT2D eigenvalue weighted by Gasteiger charge is 2.33. The molecule has 0 radical (unpaired) electrons. The fraction of sp³-hybridized carbons (Fsp3) is 0.667. The minimum Gasteiger partial charge on any atom is -0.389 e. The van der Waals surface area contributed by atoms with E-state index in [2.05, 4.69) is 21.6 Å². The third kappa shape index (κ3) is 3.88. The Labute approximate surface area is 123 Å². The molecule has 8 heteroatoms. The van der Waals surface area contributed by atoms with Crippen molar-refractivity contribution in [2.24, 2.45) is 5.92 Å². The molecule has 2 N–H and O–H groups in total. The number of nitrogens with zero attached hydrogens (tertiary/aromatic N) is 2. The monoisotopic (exact) mass is 319 g/mol. The Hall–Kier alpha value is -0.760. The van der Waals surface area contributed by atoms with Crippen LogP contribution in [0.5, 0.6) is 0 Å². The predicted molar refractivity (Wildman–Crippen MR) is 74.8 cm³/mol. The molecule has 6 nitrogen and oxygen atoms in total. The van der Waals surface area contributed by atoms with Gasteiger partial charge in [0.2, 0.25) is 15.3 Å². The Kier molecular flexibility index (Phi) is 4.63. The van der Waals surface area contributed by atoms with Gasteiger partial charge in [0.1, 0.15) is 4.90 Å². The van der Waals surface area contributed by atoms with E-state index >= 15 is 0 Å². The van der Waals surface area contributed by atoms with Crippen LogP contribution in [0, 0.1) is 5.92 Å². The average Bonchev–Trinajstić information content (AvgIpc) is 2.41. The van der Waals surface area contributed by atoms with E-state index in [0.717, 1.165) is 25.2 Å². The zero-order chi connectivity index (χ0) is 14.8. The smallest absolute Gasteiger partial charge is 0.243 e. The first-order chi connectivity index (χ1) is 9.31. The topological polar surface area (TPSA) is 92.2 Å². The van der Waals surface area contributed by atoms with E-state index in [1.54, 1.807) is 0 Å². The van der Waals surface area contributed by atoms with Crippen molar-refractivity contribution in [3.05, 3.63) is 17.7 Å². The Morgan fingerprint density at radius 3 is 2.50 bits per heavy atom. The molecule has 2 rings (SSSR count). The standard InChI is InChI=1S/C12H18ClN3O3S/c1-9-2-4-12(17,5-3-9)8-16-20(18,19)10-6-14-11(13)15-7-10/h6-7,9,16-17H,2-5,8H2,1H3. The Balaban J connectivity index is 2.00. The van der Waals surface area contributed by atoms with E-state index < -0.39 is 15.6 Å². The Morgan fingerprint density at radius 1 is 1.40 bits per heavy atom. The van der Waals surface area contributed by atoms with Crippen LogP contribution in [0.4, 0.5) is 0 Å². The summed E-state index contributed by atoms with van der Waals surface area (Å²) in [5, 5.41) is 10.4. The van der Waals surface area contributed by atoms with Gasteiger partial charge in [-0.2, -0.15) is 0 Å². The van der Waals surface area contributed by atoms with E-state index in [4.69, 9.17) is 11.6 Å². The van der Waals surface area contributed by atoms with Crippen LogP contribution in [0.15, 0.2) is 17.3 Å². The summed E-state index contributed by atoms with van der Waals surface area (Å²) in [6.07, 6.45) is 5.31. The second-order valence-electron chi connectivity index (χ2n) is 5.42. The van der Waals surface area contributed by atoms with Gasteiger partial charge in [-0.1, -0.05) is 6.92 Å². The molecule has 0 aromatic carbocycles. The van der Waals surface area contributed by atoms with Crippen molar-refractivity contribution in [3.63, 3.8) is 0 Å². The van der Waals surface area contributed by atoms with Crippen LogP contribution in [0.2, 0.25) is 5.28 Å². The Morgan fingerprint density at radius 2 is 1.95 bits per heavy atom. The Bertz CT molecular complexity index is 554. The molecule has 0 amide bonds. The molecule has 0 saturated heterocycles. The van der Waals surface area contributed by atoms with Gasteiger partial charge in [-0.25, -0.2) is 23.1 Å². The molecule has 0 atom stereocenters. The summed E-state index contributed by atoms with van der Waals surface area (Å²) in [5.74, 6) is 0.580. The molecule has 1 aliphatic rings. The molecule has 1 heterocycles. The third-order valence-electron chi connectivity index (χ3n) is 3.70. The average molecular weight is 320 g/mol. The molecule has 1 fully saturated rings. The summed E-state index contributed by atoms with van der Waals surface area (Å²) in [5.41, 5.74) is -0.965. The van der Waals surface area contributed by atoms with Gasteiger partial charge < -0.3 is 5.11 Å². The lowest BCUT2D eigenvalue weighted by Gasteiger charge is -2.34. The van der Waals surface area contributed by atoms with Crippen LogP contribution < -0.4 is 4.72 Å². The molecule has 1 aromatic rings. The summed E-state index contributed by atoms with van der Waals surface area (Å²) < 4.78 is 26.5. The third-order valence-corrected chi connectivity index (χ3v) is 5.25. The fourth-order valence-corrected chi connectivity index (χ4v) is 3.33. The highest BCUT2D eigenvalue weighted by Crippen LogP contribution is 2.31. The normalized spacial score (nSPS) is 27.4. The van der Waals surface area contributed by atoms with E-state index in [0.29, 0.717) is 18.8 Å². The maximum absolute atomic E-state index is 12.0. The van der Waals surface area contributed by atoms with Crippen molar-refractivity contribution in [3.8, 4) is 0 Å². The first-order valence-corrected chi connectivity index (χ1v) is 8.36. The number of sulfonamides is 1. The second-order valence-corrected chi connectivity index (χ2v) is 7.52. The number of aliphatic hydroxyl groups is 1. The number of hydrogen-bond acceptors (Lipinski definition) is 5. The number of rotatable bonds is 4. The van der Waals surface area contributed by atoms with Gasteiger partial charge in [-0.3, -0.25) is 0 Å². The fourth-order valence-electron chi connectivity index (χ4n) is 2.23. The maximum Gasteiger partial charge on any atom is 0.243 e. The first-order valence-electron chi connectivity index (χ1n) is 6.50. The van der Waals surface area contributed by atoms with Gasteiger partial charge in [-0.05, 0) is 43.2 Å². The highest BCUT2D eigenvalue weighted by atomic mass is 35.5. The quantitative estimate of drug-likeness (QED) is 0.817. The molecular weight excluding hydrogens is 302 g/mol. The van der Waals surface area contributed by atoms with Crippen LogP contribution >= 0.6 is 11.6 Å². The number of halogens is 1. The summed E-state index contributed by atoms with van der Waals surface area (Å²) in [4.78, 5) is 7.22. The molecule has 1 aliphatic carbocycles. The van der Waals surface area contributed by atoms with E-state index in [9.17, 15) is 13.5 Å². The number of aromatic nitrogens is 2. The van der Waals surface area contributed by atoms with E-state index in [-0.39, 0.29) is 16.7 Å². The lowest BCUT2D eigenvalue weighted by Crippen LogP contribution is -2.45. The molecule has 0 aliphatic heterocycles. The predicted octanol–water partition coefficient (Wildman–Crippen LogP) is 1.35. The molecule has 0 bridgehead atoms. The SMILES string of the molecule is CC1CCC(O)(CNS(=O)(=O)c2cnc(Cl)nc2)CC1. The second kappa shape index (κ2) is 5.93. The molecule has 112 valence electrons. The van der Waals surface area contributed by atoms with Crippen molar-refractivity contribution in [1.82, 2.24) is 14.7 Å². The van der Waals surface area contributed by atoms with Gasteiger partial charge in [0.05, 0.1) is 18.0 Å². The lowest BCUT2D eigenvalue weighted by atomic mass is 9.80. The van der Waals surface area contributed by atoms with Crippen LogP contribution in [0.25, 0.3) is 0 Å². The molecular formula is C12H18ClN3O3S. The maximum atomic E-state index is 12.0. The van der Waals surface area contributed by atoms with Gasteiger partial charge in [0, 0.05) is 6.54 Å². The number of hydrogen-bond donors (Lipinski definition) is 2. The van der Waals surface area contributed by atoms with Crippen molar-refractivity contribution >= 4 is 21.6 Å². The van der Waals surface area contributed by atoms with Crippen LogP contribution in [0.3, 0.4) is 0 Å². The largest absolute Gasteiger partial charge is 0.389 e. The zero-order valence-electron chi connectivity index (χ0n) is 11.2. The molecule has 1 saturated carbocycles. The molecule has 20 heavy (non-hydrogen) atoms. The summed E-state index contributed by atoms with van der Waals surface area (Å²) in [6, 6.07) is 0. The van der Waals surface area contributed by atoms with Crippen molar-refractivity contribution < 1.29 is 13.5 Å². The summed E-state index contributed by atoms with van der Waals surface area (Å²) in [6.45, 7) is 2.14. The molecule has 0 spiro atoms. The van der Waals surface area contributed by atoms with Crippen LogP contribution in [-0.4, -0.2) is 35.6 Å². The molecule has 0 unspecified atom stereocenters. The molecule has 1 aromatic heterocycles. The number of nitrogens with one attached hydrogen (secondary N) is 1. The first kappa shape index (κ1) is 15.6. The van der Waals surface area contributed by atoms with Gasteiger partial charge in [0.15, 0.2) is 0 Å². The van der Waals surface area contributed by atoms with Crippen LogP contribution in [0.1, 0.15) is 32.6 Å². The zero-order valence-corrected chi connectivity index (χ0v) is 12.8. The van der Waals surface area contributed by atoms with Crippen molar-refractivity contribution in [2.45, 2.75) is 43.1 Å². The summed E-state index contributed by atoms with van der Waals surface area (Å²) >= 11 is 5.52.